The van der Waals surface area contributed by atoms with Crippen LogP contribution in [-0.4, -0.2) is 28.9 Å². The highest BCUT2D eigenvalue weighted by molar-refractivity contribution is 6.34. The first kappa shape index (κ1) is 11.8. The van der Waals surface area contributed by atoms with E-state index in [0.717, 1.165) is 0 Å². The van der Waals surface area contributed by atoms with Gasteiger partial charge in [0.1, 0.15) is 0 Å². The molecule has 6 heteroatoms. The van der Waals surface area contributed by atoms with Gasteiger partial charge in [0.2, 0.25) is 0 Å². The average Bonchev–Trinajstić information content (AvgIpc) is 2.21. The Hall–Kier alpha value is -1.30. The molecule has 1 rings (SSSR count). The van der Waals surface area contributed by atoms with E-state index in [9.17, 15) is 14.5 Å². The van der Waals surface area contributed by atoms with Gasteiger partial charge in [0.05, 0.1) is 0 Å². The number of hydrogen-bond donors (Lipinski definition) is 2. The van der Waals surface area contributed by atoms with E-state index in [1.54, 1.807) is 0 Å². The van der Waals surface area contributed by atoms with E-state index in [4.69, 9.17) is 10.8 Å². The summed E-state index contributed by atoms with van der Waals surface area (Å²) in [6.07, 6.45) is 2.61. The topological polar surface area (TPSA) is 110 Å². The molecule has 84 valence electrons. The second kappa shape index (κ2) is 4.97. The molecule has 0 aromatic carbocycles. The molecular formula is C9H14N2O4. The molecular weight excluding hydrogens is 200 g/mol. The van der Waals surface area contributed by atoms with Crippen molar-refractivity contribution in [3.63, 3.8) is 0 Å². The maximum atomic E-state index is 11.1. The minimum absolute atomic E-state index is 0.0912. The molecule has 1 aliphatic rings. The molecule has 1 aliphatic carbocycles. The van der Waals surface area contributed by atoms with Crippen molar-refractivity contribution in [2.24, 2.45) is 16.8 Å². The van der Waals surface area contributed by atoms with Gasteiger partial charge < -0.3 is 10.8 Å². The Bertz CT molecular complexity index is 271. The van der Waals surface area contributed by atoms with Gasteiger partial charge in [0.25, 0.3) is 5.78 Å². The molecule has 15 heavy (non-hydrogen) atoms. The molecule has 1 fully saturated rings. The van der Waals surface area contributed by atoms with Crippen LogP contribution >= 0.6 is 0 Å². The summed E-state index contributed by atoms with van der Waals surface area (Å²) in [5.41, 5.74) is 5.66. The lowest BCUT2D eigenvalue weighted by molar-refractivity contribution is -0.150. The van der Waals surface area contributed by atoms with E-state index >= 15 is 0 Å². The number of nitrogens with two attached hydrogens (primary N) is 1. The van der Waals surface area contributed by atoms with Gasteiger partial charge >= 0.3 is 5.97 Å². The zero-order valence-electron chi connectivity index (χ0n) is 8.26. The van der Waals surface area contributed by atoms with Crippen LogP contribution in [0.5, 0.6) is 0 Å². The molecule has 0 heterocycles. The lowest BCUT2D eigenvalue weighted by atomic mass is 9.81. The highest BCUT2D eigenvalue weighted by Gasteiger charge is 2.35. The Kier molecular flexibility index (Phi) is 3.90. The number of Topliss-reactive ketones (excluding diaryl/α,β-unsaturated/α-hetero) is 1. The summed E-state index contributed by atoms with van der Waals surface area (Å²) in [4.78, 5) is 32.0. The van der Waals surface area contributed by atoms with Gasteiger partial charge in [0.15, 0.2) is 6.04 Å². The quantitative estimate of drug-likeness (QED) is 0.516. The van der Waals surface area contributed by atoms with Crippen LogP contribution in [0, 0.1) is 10.8 Å². The van der Waals surface area contributed by atoms with E-state index < -0.39 is 17.8 Å². The number of nitroso groups, excluding NO2 is 1. The van der Waals surface area contributed by atoms with Crippen molar-refractivity contribution in [2.45, 2.75) is 37.8 Å². The summed E-state index contributed by atoms with van der Waals surface area (Å²) in [6.45, 7) is 0. The van der Waals surface area contributed by atoms with Crippen molar-refractivity contribution in [1.29, 1.82) is 0 Å². The number of nitrogens with zero attached hydrogens (tertiary/aromatic N) is 1. The van der Waals surface area contributed by atoms with Gasteiger partial charge in [-0.25, -0.2) is 4.79 Å². The van der Waals surface area contributed by atoms with Gasteiger partial charge in [-0.3, -0.25) is 4.79 Å². The molecule has 1 atom stereocenters. The summed E-state index contributed by atoms with van der Waals surface area (Å²) in [6, 6.07) is -1.15. The first-order valence-corrected chi connectivity index (χ1v) is 4.91. The van der Waals surface area contributed by atoms with Crippen molar-refractivity contribution in [3.8, 4) is 0 Å². The zero-order chi connectivity index (χ0) is 11.4. The first-order chi connectivity index (χ1) is 7.06. The molecule has 0 spiro atoms. The van der Waals surface area contributed by atoms with Gasteiger partial charge in [-0.1, -0.05) is 5.18 Å². The summed E-state index contributed by atoms with van der Waals surface area (Å²) >= 11 is 0. The summed E-state index contributed by atoms with van der Waals surface area (Å²) in [5.74, 6) is -2.95. The fourth-order valence-corrected chi connectivity index (χ4v) is 1.94. The number of carboxylic acids is 1. The van der Waals surface area contributed by atoms with Crippen LogP contribution in [0.4, 0.5) is 0 Å². The summed E-state index contributed by atoms with van der Waals surface area (Å²) in [7, 11) is 0. The SMILES string of the molecule is NC1CCC([C@H](N=O)C(=O)C(=O)O)CC1. The summed E-state index contributed by atoms with van der Waals surface area (Å²) in [5, 5.41) is 11.1. The molecule has 3 N–H and O–H groups in total. The molecule has 0 radical (unpaired) electrons. The molecule has 0 aromatic heterocycles. The predicted octanol–water partition coefficient (Wildman–Crippen LogP) is 0.293. The fraction of sp³-hybridized carbons (Fsp3) is 0.778. The van der Waals surface area contributed by atoms with E-state index in [0.29, 0.717) is 25.7 Å². The van der Waals surface area contributed by atoms with Crippen molar-refractivity contribution < 1.29 is 14.7 Å². The normalized spacial score (nSPS) is 28.1. The number of carbonyl (C=O) groups excluding carboxylic acids is 1. The minimum atomic E-state index is -1.59. The third-order valence-electron chi connectivity index (χ3n) is 2.86. The lowest BCUT2D eigenvalue weighted by Gasteiger charge is -2.27. The van der Waals surface area contributed by atoms with E-state index in [1.807, 2.05) is 0 Å². The standard InChI is InChI=1S/C9H14N2O4/c10-6-3-1-5(2-4-6)7(11-15)8(12)9(13)14/h5-7H,1-4,10H2,(H,13,14)/t5?,6?,7-/m0/s1. The number of hydrogen-bond acceptors (Lipinski definition) is 5. The number of rotatable bonds is 4. The smallest absolute Gasteiger partial charge is 0.374 e. The Morgan fingerprint density at radius 3 is 2.20 bits per heavy atom. The van der Waals surface area contributed by atoms with Crippen LogP contribution in [0.25, 0.3) is 0 Å². The van der Waals surface area contributed by atoms with Gasteiger partial charge in [-0.05, 0) is 31.6 Å². The largest absolute Gasteiger partial charge is 0.475 e. The number of carbonyl (C=O) groups is 2. The Balaban J connectivity index is 2.63. The Morgan fingerprint density at radius 1 is 1.27 bits per heavy atom. The first-order valence-electron chi connectivity index (χ1n) is 4.91. The Morgan fingerprint density at radius 2 is 1.80 bits per heavy atom. The monoisotopic (exact) mass is 214 g/mol. The molecule has 6 nitrogen and oxygen atoms in total. The maximum absolute atomic E-state index is 11.1. The van der Waals surface area contributed by atoms with Crippen LogP contribution in [0.1, 0.15) is 25.7 Å². The highest BCUT2D eigenvalue weighted by atomic mass is 16.4. The van der Waals surface area contributed by atoms with Crippen LogP contribution in [0.15, 0.2) is 5.18 Å². The van der Waals surface area contributed by atoms with Crippen LogP contribution in [-0.2, 0) is 9.59 Å². The van der Waals surface area contributed by atoms with E-state index in [2.05, 4.69) is 5.18 Å². The molecule has 0 aromatic rings. The lowest BCUT2D eigenvalue weighted by Crippen LogP contribution is -2.37. The van der Waals surface area contributed by atoms with Gasteiger partial charge in [-0.2, -0.15) is 4.91 Å². The second-order valence-corrected chi connectivity index (χ2v) is 3.89. The minimum Gasteiger partial charge on any atom is -0.475 e. The van der Waals surface area contributed by atoms with Crippen LogP contribution in [0.2, 0.25) is 0 Å². The number of carboxylic acid groups (broad SMARTS) is 1. The molecule has 0 amide bonds. The second-order valence-electron chi connectivity index (χ2n) is 3.89. The van der Waals surface area contributed by atoms with Crippen molar-refractivity contribution >= 4 is 11.8 Å². The summed E-state index contributed by atoms with van der Waals surface area (Å²) < 4.78 is 0. The predicted molar refractivity (Wildman–Crippen MR) is 52.2 cm³/mol. The fourth-order valence-electron chi connectivity index (χ4n) is 1.94. The molecule has 1 saturated carbocycles. The number of aliphatic carboxylic acids is 1. The third kappa shape index (κ3) is 2.82. The number of ketones is 1. The molecule has 0 unspecified atom stereocenters. The van der Waals surface area contributed by atoms with Gasteiger partial charge in [0, 0.05) is 6.04 Å². The Labute approximate surface area is 86.8 Å². The van der Waals surface area contributed by atoms with Crippen molar-refractivity contribution in [2.75, 3.05) is 0 Å². The highest BCUT2D eigenvalue weighted by Crippen LogP contribution is 2.28. The maximum Gasteiger partial charge on any atom is 0.374 e. The average molecular weight is 214 g/mol. The zero-order valence-corrected chi connectivity index (χ0v) is 8.26. The van der Waals surface area contributed by atoms with Crippen molar-refractivity contribution in [1.82, 2.24) is 0 Å². The van der Waals surface area contributed by atoms with E-state index in [-0.39, 0.29) is 12.0 Å². The molecule has 0 bridgehead atoms. The molecule has 0 saturated heterocycles. The van der Waals surface area contributed by atoms with E-state index in [1.165, 1.54) is 0 Å². The van der Waals surface area contributed by atoms with Gasteiger partial charge in [-0.15, -0.1) is 0 Å². The van der Waals surface area contributed by atoms with Crippen LogP contribution < -0.4 is 5.73 Å². The van der Waals surface area contributed by atoms with Crippen LogP contribution in [0.3, 0.4) is 0 Å². The van der Waals surface area contributed by atoms with Crippen molar-refractivity contribution in [3.05, 3.63) is 4.91 Å². The molecule has 0 aliphatic heterocycles. The third-order valence-corrected chi connectivity index (χ3v) is 2.86.